The predicted molar refractivity (Wildman–Crippen MR) is 91.2 cm³/mol. The highest BCUT2D eigenvalue weighted by Crippen LogP contribution is 2.18. The zero-order valence-corrected chi connectivity index (χ0v) is 14.2. The summed E-state index contributed by atoms with van der Waals surface area (Å²) in [4.78, 5) is 23.6. The van der Waals surface area contributed by atoms with Crippen LogP contribution in [0.5, 0.6) is 0 Å². The molecule has 0 fully saturated rings. The highest BCUT2D eigenvalue weighted by Gasteiger charge is 2.24. The molecular weight excluding hydrogens is 292 g/mol. The molecule has 3 atom stereocenters. The summed E-state index contributed by atoms with van der Waals surface area (Å²) in [6, 6.07) is 8.55. The number of nitrogens with one attached hydrogen (secondary N) is 2. The van der Waals surface area contributed by atoms with Gasteiger partial charge in [-0.2, -0.15) is 0 Å². The van der Waals surface area contributed by atoms with Gasteiger partial charge in [0.2, 0.25) is 5.91 Å². The molecule has 0 saturated carbocycles. The number of hydrogen-bond acceptors (Lipinski definition) is 3. The number of amides is 1. The number of carbonyl (C=O) groups excluding carboxylic acids is 1. The molecule has 0 aromatic heterocycles. The van der Waals surface area contributed by atoms with Gasteiger partial charge >= 0.3 is 5.97 Å². The Kier molecular flexibility index (Phi) is 8.33. The minimum Gasteiger partial charge on any atom is -0.480 e. The van der Waals surface area contributed by atoms with E-state index in [9.17, 15) is 14.7 Å². The summed E-state index contributed by atoms with van der Waals surface area (Å²) in [5, 5.41) is 15.1. The molecule has 5 heteroatoms. The second-order valence-corrected chi connectivity index (χ2v) is 5.83. The summed E-state index contributed by atoms with van der Waals surface area (Å²) in [6.07, 6.45) is 3.06. The standard InChI is InChI=1S/C18H28N2O3/c1-4-9-15(14-11-7-6-8-12-14)20-17(21)13(3)19-16(10-5-2)18(22)23/h6-8,11-13,15-16,19H,4-5,9-10H2,1-3H3,(H,20,21)(H,22,23). The Bertz CT molecular complexity index is 490. The van der Waals surface area contributed by atoms with Gasteiger partial charge in [0, 0.05) is 0 Å². The lowest BCUT2D eigenvalue weighted by molar-refractivity contribution is -0.140. The minimum absolute atomic E-state index is 0.0487. The average molecular weight is 320 g/mol. The van der Waals surface area contributed by atoms with Gasteiger partial charge in [0.05, 0.1) is 12.1 Å². The maximum atomic E-state index is 12.4. The van der Waals surface area contributed by atoms with E-state index in [0.717, 1.165) is 24.8 Å². The largest absolute Gasteiger partial charge is 0.480 e. The van der Waals surface area contributed by atoms with Crippen LogP contribution >= 0.6 is 0 Å². The van der Waals surface area contributed by atoms with Crippen LogP contribution in [-0.2, 0) is 9.59 Å². The van der Waals surface area contributed by atoms with E-state index in [1.807, 2.05) is 37.3 Å². The first kappa shape index (κ1) is 19.2. The third-order valence-corrected chi connectivity index (χ3v) is 3.82. The normalized spacial score (nSPS) is 14.7. The zero-order chi connectivity index (χ0) is 17.2. The lowest BCUT2D eigenvalue weighted by Crippen LogP contribution is -2.50. The number of benzene rings is 1. The van der Waals surface area contributed by atoms with Crippen molar-refractivity contribution in [2.24, 2.45) is 0 Å². The summed E-state index contributed by atoms with van der Waals surface area (Å²) >= 11 is 0. The topological polar surface area (TPSA) is 78.4 Å². The van der Waals surface area contributed by atoms with Crippen LogP contribution in [0.3, 0.4) is 0 Å². The summed E-state index contributed by atoms with van der Waals surface area (Å²) in [6.45, 7) is 5.70. The van der Waals surface area contributed by atoms with Gasteiger partial charge in [0.25, 0.3) is 0 Å². The van der Waals surface area contributed by atoms with Gasteiger partial charge < -0.3 is 10.4 Å². The van der Waals surface area contributed by atoms with Gasteiger partial charge in [-0.1, -0.05) is 57.0 Å². The van der Waals surface area contributed by atoms with Gasteiger partial charge in [0.15, 0.2) is 0 Å². The fraction of sp³-hybridized carbons (Fsp3) is 0.556. The summed E-state index contributed by atoms with van der Waals surface area (Å²) in [7, 11) is 0. The maximum absolute atomic E-state index is 12.4. The number of hydrogen-bond donors (Lipinski definition) is 3. The molecule has 1 aromatic rings. The van der Waals surface area contributed by atoms with E-state index in [0.29, 0.717) is 6.42 Å². The van der Waals surface area contributed by atoms with Crippen LogP contribution in [0.4, 0.5) is 0 Å². The molecule has 3 N–H and O–H groups in total. The molecule has 0 saturated heterocycles. The monoisotopic (exact) mass is 320 g/mol. The Morgan fingerprint density at radius 2 is 1.70 bits per heavy atom. The number of carboxylic acid groups (broad SMARTS) is 1. The number of aliphatic carboxylic acids is 1. The first-order valence-electron chi connectivity index (χ1n) is 8.33. The van der Waals surface area contributed by atoms with Crippen molar-refractivity contribution >= 4 is 11.9 Å². The van der Waals surface area contributed by atoms with Gasteiger partial charge in [0.1, 0.15) is 6.04 Å². The van der Waals surface area contributed by atoms with Crippen molar-refractivity contribution in [3.8, 4) is 0 Å². The van der Waals surface area contributed by atoms with E-state index >= 15 is 0 Å². The fourth-order valence-electron chi connectivity index (χ4n) is 2.54. The van der Waals surface area contributed by atoms with E-state index in [-0.39, 0.29) is 11.9 Å². The van der Waals surface area contributed by atoms with Crippen molar-refractivity contribution in [3.05, 3.63) is 35.9 Å². The molecule has 23 heavy (non-hydrogen) atoms. The van der Waals surface area contributed by atoms with Crippen molar-refractivity contribution in [1.82, 2.24) is 10.6 Å². The molecule has 1 aromatic carbocycles. The third-order valence-electron chi connectivity index (χ3n) is 3.82. The SMILES string of the molecule is CCCC(NC(C)C(=O)NC(CCC)c1ccccc1)C(=O)O. The molecule has 0 spiro atoms. The molecule has 0 radical (unpaired) electrons. The second kappa shape index (κ2) is 10.0. The lowest BCUT2D eigenvalue weighted by Gasteiger charge is -2.23. The van der Waals surface area contributed by atoms with Crippen molar-refractivity contribution in [1.29, 1.82) is 0 Å². The molecule has 0 aliphatic heterocycles. The van der Waals surface area contributed by atoms with Gasteiger partial charge in [-0.15, -0.1) is 0 Å². The smallest absolute Gasteiger partial charge is 0.320 e. The number of carbonyl (C=O) groups is 2. The van der Waals surface area contributed by atoms with Gasteiger partial charge in [-0.25, -0.2) is 0 Å². The first-order valence-corrected chi connectivity index (χ1v) is 8.33. The van der Waals surface area contributed by atoms with E-state index in [4.69, 9.17) is 0 Å². The minimum atomic E-state index is -0.917. The van der Waals surface area contributed by atoms with Crippen LogP contribution < -0.4 is 10.6 Å². The molecule has 3 unspecified atom stereocenters. The summed E-state index contributed by atoms with van der Waals surface area (Å²) in [5.74, 6) is -1.09. The van der Waals surface area contributed by atoms with Crippen LogP contribution in [0.25, 0.3) is 0 Å². The van der Waals surface area contributed by atoms with E-state index in [2.05, 4.69) is 17.6 Å². The first-order chi connectivity index (χ1) is 11.0. The Balaban J connectivity index is 2.68. The summed E-state index contributed by atoms with van der Waals surface area (Å²) < 4.78 is 0. The molecule has 0 aliphatic carbocycles. The van der Waals surface area contributed by atoms with Crippen LogP contribution in [0, 0.1) is 0 Å². The van der Waals surface area contributed by atoms with Crippen molar-refractivity contribution in [2.45, 2.75) is 64.6 Å². The fourth-order valence-corrected chi connectivity index (χ4v) is 2.54. The molecule has 1 rings (SSSR count). The molecule has 1 amide bonds. The maximum Gasteiger partial charge on any atom is 0.320 e. The molecule has 0 heterocycles. The Hall–Kier alpha value is -1.88. The predicted octanol–water partition coefficient (Wildman–Crippen LogP) is 2.88. The molecule has 0 bridgehead atoms. The average Bonchev–Trinajstić information content (AvgIpc) is 2.54. The van der Waals surface area contributed by atoms with Crippen LogP contribution in [0.2, 0.25) is 0 Å². The van der Waals surface area contributed by atoms with E-state index < -0.39 is 18.1 Å². The summed E-state index contributed by atoms with van der Waals surface area (Å²) in [5.41, 5.74) is 1.07. The Morgan fingerprint density at radius 1 is 1.09 bits per heavy atom. The van der Waals surface area contributed by atoms with Crippen LogP contribution in [0.1, 0.15) is 58.1 Å². The molecular formula is C18H28N2O3. The van der Waals surface area contributed by atoms with Crippen molar-refractivity contribution in [3.63, 3.8) is 0 Å². The Labute approximate surface area is 138 Å². The van der Waals surface area contributed by atoms with Crippen molar-refractivity contribution in [2.75, 3.05) is 0 Å². The molecule has 0 aliphatic rings. The van der Waals surface area contributed by atoms with Gasteiger partial charge in [-0.3, -0.25) is 14.9 Å². The second-order valence-electron chi connectivity index (χ2n) is 5.83. The molecule has 128 valence electrons. The third kappa shape index (κ3) is 6.40. The van der Waals surface area contributed by atoms with Crippen LogP contribution in [0.15, 0.2) is 30.3 Å². The lowest BCUT2D eigenvalue weighted by atomic mass is 10.0. The quantitative estimate of drug-likeness (QED) is 0.619. The zero-order valence-electron chi connectivity index (χ0n) is 14.2. The number of rotatable bonds is 10. The number of carboxylic acids is 1. The van der Waals surface area contributed by atoms with Gasteiger partial charge in [-0.05, 0) is 25.3 Å². The van der Waals surface area contributed by atoms with E-state index in [1.165, 1.54) is 0 Å². The highest BCUT2D eigenvalue weighted by molar-refractivity contribution is 5.83. The van der Waals surface area contributed by atoms with Crippen LogP contribution in [-0.4, -0.2) is 29.1 Å². The highest BCUT2D eigenvalue weighted by atomic mass is 16.4. The van der Waals surface area contributed by atoms with E-state index in [1.54, 1.807) is 6.92 Å². The molecule has 5 nitrogen and oxygen atoms in total. The van der Waals surface area contributed by atoms with Crippen molar-refractivity contribution < 1.29 is 14.7 Å². The Morgan fingerprint density at radius 3 is 2.22 bits per heavy atom.